The minimum absolute atomic E-state index is 0.106. The third kappa shape index (κ3) is 3.48. The van der Waals surface area contributed by atoms with Crippen LogP contribution in [-0.2, 0) is 11.3 Å². The van der Waals surface area contributed by atoms with Gasteiger partial charge in [0.05, 0.1) is 5.69 Å². The highest BCUT2D eigenvalue weighted by molar-refractivity contribution is 5.96. The third-order valence-electron chi connectivity index (χ3n) is 4.05. The maximum atomic E-state index is 12.6. The first-order valence-electron chi connectivity index (χ1n) is 8.34. The summed E-state index contributed by atoms with van der Waals surface area (Å²) in [5.74, 6) is 0.668. The summed E-state index contributed by atoms with van der Waals surface area (Å²) in [6.45, 7) is 1.82. The molecule has 0 unspecified atom stereocenters. The van der Waals surface area contributed by atoms with Gasteiger partial charge in [-0.2, -0.15) is 0 Å². The van der Waals surface area contributed by atoms with Crippen molar-refractivity contribution >= 4 is 5.97 Å². The fourth-order valence-electron chi connectivity index (χ4n) is 2.67. The molecule has 0 radical (unpaired) electrons. The molecule has 0 bridgehead atoms. The van der Waals surface area contributed by atoms with E-state index in [2.05, 4.69) is 15.1 Å². The number of hydrogen-bond acceptors (Lipinski definition) is 6. The van der Waals surface area contributed by atoms with E-state index in [0.29, 0.717) is 17.0 Å². The molecule has 0 amide bonds. The van der Waals surface area contributed by atoms with Gasteiger partial charge in [0.1, 0.15) is 24.3 Å². The summed E-state index contributed by atoms with van der Waals surface area (Å²) in [5.41, 5.74) is 2.38. The maximum absolute atomic E-state index is 12.6. The van der Waals surface area contributed by atoms with Gasteiger partial charge < -0.3 is 9.26 Å². The normalized spacial score (nSPS) is 10.7. The van der Waals surface area contributed by atoms with Crippen LogP contribution in [0.1, 0.15) is 21.6 Å². The van der Waals surface area contributed by atoms with Gasteiger partial charge in [0.25, 0.3) is 0 Å². The van der Waals surface area contributed by atoms with Crippen LogP contribution >= 0.6 is 0 Å². The minimum atomic E-state index is -0.480. The summed E-state index contributed by atoms with van der Waals surface area (Å²) in [6.07, 6.45) is 6.83. The highest BCUT2D eigenvalue weighted by Crippen LogP contribution is 2.26. The number of ether oxygens (including phenoxy) is 1. The molecule has 7 heteroatoms. The molecule has 0 saturated carbocycles. The van der Waals surface area contributed by atoms with Crippen LogP contribution in [0.3, 0.4) is 0 Å². The summed E-state index contributed by atoms with van der Waals surface area (Å²) in [4.78, 5) is 20.9. The van der Waals surface area contributed by atoms with Crippen molar-refractivity contribution in [3.63, 3.8) is 0 Å². The molecule has 1 aromatic carbocycles. The smallest absolute Gasteiger partial charge is 0.344 e. The van der Waals surface area contributed by atoms with Gasteiger partial charge in [-0.25, -0.2) is 14.8 Å². The fraction of sp³-hybridized carbons (Fsp3) is 0.100. The van der Waals surface area contributed by atoms with E-state index in [1.54, 1.807) is 30.2 Å². The number of benzene rings is 1. The van der Waals surface area contributed by atoms with Crippen molar-refractivity contribution in [2.24, 2.45) is 0 Å². The Bertz CT molecular complexity index is 1040. The monoisotopic (exact) mass is 360 g/mol. The zero-order valence-electron chi connectivity index (χ0n) is 14.6. The molecule has 0 aliphatic rings. The molecule has 3 aromatic heterocycles. The van der Waals surface area contributed by atoms with Crippen LogP contribution < -0.4 is 0 Å². The van der Waals surface area contributed by atoms with Gasteiger partial charge >= 0.3 is 5.97 Å². The number of aryl methyl sites for hydroxylation is 1. The van der Waals surface area contributed by atoms with Crippen molar-refractivity contribution in [1.29, 1.82) is 0 Å². The van der Waals surface area contributed by atoms with Gasteiger partial charge in [0.2, 0.25) is 0 Å². The van der Waals surface area contributed by atoms with Crippen LogP contribution in [0.4, 0.5) is 0 Å². The zero-order chi connectivity index (χ0) is 18.6. The Hall–Kier alpha value is -3.74. The van der Waals surface area contributed by atoms with Crippen molar-refractivity contribution < 1.29 is 14.1 Å². The summed E-state index contributed by atoms with van der Waals surface area (Å²) >= 11 is 0. The Morgan fingerprint density at radius 2 is 2.04 bits per heavy atom. The van der Waals surface area contributed by atoms with Gasteiger partial charge in [0, 0.05) is 29.7 Å². The van der Waals surface area contributed by atoms with Gasteiger partial charge in [-0.3, -0.25) is 4.57 Å². The molecule has 134 valence electrons. The SMILES string of the molecule is Cc1noc(-c2ccccc2)c1C(=O)OCc1ccc(-n2ccnc2)nc1. The molecular formula is C20H16N4O3. The second-order valence-electron chi connectivity index (χ2n) is 5.91. The van der Waals surface area contributed by atoms with Crippen LogP contribution in [-0.4, -0.2) is 25.7 Å². The topological polar surface area (TPSA) is 83.0 Å². The van der Waals surface area contributed by atoms with E-state index in [4.69, 9.17) is 9.26 Å². The van der Waals surface area contributed by atoms with Crippen LogP contribution in [0, 0.1) is 6.92 Å². The lowest BCUT2D eigenvalue weighted by Crippen LogP contribution is -2.07. The molecule has 0 aliphatic heterocycles. The first-order valence-corrected chi connectivity index (χ1v) is 8.34. The summed E-state index contributed by atoms with van der Waals surface area (Å²) in [5, 5.41) is 3.91. The van der Waals surface area contributed by atoms with Gasteiger partial charge in [-0.1, -0.05) is 41.6 Å². The standard InChI is InChI=1S/C20H16N4O3/c1-14-18(19(27-23-14)16-5-3-2-4-6-16)20(25)26-12-15-7-8-17(22-11-15)24-10-9-21-13-24/h2-11,13H,12H2,1H3. The quantitative estimate of drug-likeness (QED) is 0.506. The van der Waals surface area contributed by atoms with Crippen molar-refractivity contribution in [3.05, 3.63) is 84.2 Å². The van der Waals surface area contributed by atoms with Crippen molar-refractivity contribution in [3.8, 4) is 17.1 Å². The van der Waals surface area contributed by atoms with Crippen molar-refractivity contribution in [1.82, 2.24) is 19.7 Å². The molecule has 0 saturated heterocycles. The number of esters is 1. The predicted octanol–water partition coefficient (Wildman–Crippen LogP) is 3.59. The van der Waals surface area contributed by atoms with Crippen LogP contribution in [0.2, 0.25) is 0 Å². The number of aromatic nitrogens is 4. The number of rotatable bonds is 5. The number of pyridine rings is 1. The minimum Gasteiger partial charge on any atom is -0.457 e. The lowest BCUT2D eigenvalue weighted by Gasteiger charge is -2.06. The second kappa shape index (κ2) is 7.25. The molecule has 7 nitrogen and oxygen atoms in total. The summed E-state index contributed by atoms with van der Waals surface area (Å²) < 4.78 is 12.6. The number of nitrogens with zero attached hydrogens (tertiary/aromatic N) is 4. The molecule has 0 aliphatic carbocycles. The Kier molecular flexibility index (Phi) is 4.49. The highest BCUT2D eigenvalue weighted by atomic mass is 16.5. The van der Waals surface area contributed by atoms with E-state index < -0.39 is 5.97 Å². The lowest BCUT2D eigenvalue weighted by molar-refractivity contribution is 0.0472. The second-order valence-corrected chi connectivity index (χ2v) is 5.91. The third-order valence-corrected chi connectivity index (χ3v) is 4.05. The molecular weight excluding hydrogens is 344 g/mol. The Morgan fingerprint density at radius 3 is 2.74 bits per heavy atom. The number of carbonyl (C=O) groups excluding carboxylic acids is 1. The molecule has 27 heavy (non-hydrogen) atoms. The average molecular weight is 360 g/mol. The van der Waals surface area contributed by atoms with E-state index in [9.17, 15) is 4.79 Å². The molecule has 3 heterocycles. The zero-order valence-corrected chi connectivity index (χ0v) is 14.6. The largest absolute Gasteiger partial charge is 0.457 e. The number of imidazole rings is 1. The number of hydrogen-bond donors (Lipinski definition) is 0. The molecule has 0 fully saturated rings. The Balaban J connectivity index is 1.48. The van der Waals surface area contributed by atoms with Crippen LogP contribution in [0.25, 0.3) is 17.1 Å². The Morgan fingerprint density at radius 1 is 1.19 bits per heavy atom. The first-order chi connectivity index (χ1) is 13.2. The molecule has 4 rings (SSSR count). The summed E-state index contributed by atoms with van der Waals surface area (Å²) in [6, 6.07) is 13.0. The van der Waals surface area contributed by atoms with Gasteiger partial charge in [-0.15, -0.1) is 0 Å². The lowest BCUT2D eigenvalue weighted by atomic mass is 10.1. The Labute approximate surface area is 155 Å². The van der Waals surface area contributed by atoms with E-state index in [1.165, 1.54) is 0 Å². The van der Waals surface area contributed by atoms with E-state index in [-0.39, 0.29) is 6.61 Å². The number of carbonyl (C=O) groups is 1. The fourth-order valence-corrected chi connectivity index (χ4v) is 2.67. The summed E-state index contributed by atoms with van der Waals surface area (Å²) in [7, 11) is 0. The van der Waals surface area contributed by atoms with E-state index in [0.717, 1.165) is 16.9 Å². The van der Waals surface area contributed by atoms with Gasteiger partial charge in [0.15, 0.2) is 5.76 Å². The van der Waals surface area contributed by atoms with E-state index in [1.807, 2.05) is 48.7 Å². The van der Waals surface area contributed by atoms with Crippen molar-refractivity contribution in [2.75, 3.05) is 0 Å². The average Bonchev–Trinajstić information content (AvgIpc) is 3.37. The van der Waals surface area contributed by atoms with Crippen LogP contribution in [0.5, 0.6) is 0 Å². The van der Waals surface area contributed by atoms with Crippen molar-refractivity contribution in [2.45, 2.75) is 13.5 Å². The molecule has 0 spiro atoms. The predicted molar refractivity (Wildman–Crippen MR) is 97.2 cm³/mol. The molecule has 0 N–H and O–H groups in total. The molecule has 0 atom stereocenters. The first kappa shape index (κ1) is 16.7. The van der Waals surface area contributed by atoms with Crippen LogP contribution in [0.15, 0.2) is 71.9 Å². The molecule has 4 aromatic rings. The highest BCUT2D eigenvalue weighted by Gasteiger charge is 2.23. The van der Waals surface area contributed by atoms with E-state index >= 15 is 0 Å². The van der Waals surface area contributed by atoms with Gasteiger partial charge in [-0.05, 0) is 13.0 Å². The maximum Gasteiger partial charge on any atom is 0.344 e.